The summed E-state index contributed by atoms with van der Waals surface area (Å²) in [6.45, 7) is 6.69. The minimum atomic E-state index is -0.373. The third kappa shape index (κ3) is 9.81. The number of nitrogens with zero attached hydrogens (tertiary/aromatic N) is 7. The van der Waals surface area contributed by atoms with Crippen molar-refractivity contribution in [3.05, 3.63) is 81.5 Å². The van der Waals surface area contributed by atoms with E-state index in [1.165, 1.54) is 82.1 Å². The number of fused-ring (bicyclic) bond motifs is 2. The Labute approximate surface area is 359 Å². The SMILES string of the molecule is Cc1cc(SNCCO)ccc1Nc1ncc2cc(Cl)c(=O)n(C3CCCC3)c2n1.O=C1CCN(c2cnc3cc(C4CCN(CC5CCCCC5)CC4)ccn23)C(=O)N1. The molecule has 0 spiro atoms. The predicted molar refractivity (Wildman–Crippen MR) is 237 cm³/mol. The van der Waals surface area contributed by atoms with E-state index in [1.54, 1.807) is 27.9 Å². The fraction of sp³-hybridized carbons (Fsp3) is 0.500. The maximum atomic E-state index is 12.8. The lowest BCUT2D eigenvalue weighted by Crippen LogP contribution is -2.50. The highest BCUT2D eigenvalue weighted by atomic mass is 35.5. The highest BCUT2D eigenvalue weighted by Crippen LogP contribution is 2.34. The first-order valence-electron chi connectivity index (χ1n) is 21.5. The van der Waals surface area contributed by atoms with Crippen LogP contribution in [0.25, 0.3) is 16.7 Å². The maximum Gasteiger partial charge on any atom is 0.329 e. The van der Waals surface area contributed by atoms with Gasteiger partial charge in [-0.1, -0.05) is 43.7 Å². The zero-order chi connectivity index (χ0) is 41.6. The number of benzene rings is 1. The quantitative estimate of drug-likeness (QED) is 0.0760. The van der Waals surface area contributed by atoms with Crippen molar-refractivity contribution in [2.45, 2.75) is 101 Å². The minimum Gasteiger partial charge on any atom is -0.395 e. The van der Waals surface area contributed by atoms with Gasteiger partial charge in [0.2, 0.25) is 11.9 Å². The molecule has 0 bridgehead atoms. The molecule has 4 aromatic heterocycles. The maximum absolute atomic E-state index is 12.8. The fourth-order valence-electron chi connectivity index (χ4n) is 9.19. The number of urea groups is 1. The number of rotatable bonds is 11. The van der Waals surface area contributed by atoms with E-state index in [9.17, 15) is 14.4 Å². The number of piperidine rings is 1. The molecule has 1 aromatic carbocycles. The molecule has 0 radical (unpaired) electrons. The van der Waals surface area contributed by atoms with Crippen molar-refractivity contribution in [2.24, 2.45) is 5.92 Å². The first kappa shape index (κ1) is 42.2. The number of hydrogen-bond acceptors (Lipinski definition) is 11. The summed E-state index contributed by atoms with van der Waals surface area (Å²) >= 11 is 7.67. The van der Waals surface area contributed by atoms with Crippen molar-refractivity contribution in [1.82, 2.24) is 38.9 Å². The summed E-state index contributed by atoms with van der Waals surface area (Å²) < 4.78 is 6.78. The zero-order valence-electron chi connectivity index (χ0n) is 34.2. The van der Waals surface area contributed by atoms with Crippen molar-refractivity contribution < 1.29 is 14.7 Å². The molecule has 16 heteroatoms. The van der Waals surface area contributed by atoms with Gasteiger partial charge in [-0.3, -0.25) is 33.5 Å². The second-order valence-corrected chi connectivity index (χ2v) is 17.9. The van der Waals surface area contributed by atoms with Crippen LogP contribution in [0.15, 0.2) is 64.7 Å². The van der Waals surface area contributed by atoms with Crippen LogP contribution in [0.4, 0.5) is 22.2 Å². The van der Waals surface area contributed by atoms with Gasteiger partial charge in [0.05, 0.1) is 12.8 Å². The Morgan fingerprint density at radius 3 is 2.45 bits per heavy atom. The average molecular weight is 856 g/mol. The second-order valence-electron chi connectivity index (χ2n) is 16.5. The fourth-order valence-corrected chi connectivity index (χ4v) is 10.1. The standard InChI is InChI=1S/C23H31N5O2.C21H24ClN5O2S/c29-21-9-13-28(23(30)25-21)22-15-24-20-14-19(8-12-27(20)22)18-6-10-26(11-7-18)16-17-4-2-1-3-5-17;1-13-10-16(30-24-8-9-28)6-7-18(13)25-21-23-12-14-11-17(22)20(29)27(19(14)26-21)15-4-2-3-5-15/h8,12,14-15,17-18H,1-7,9-11,13,16H2,(H,25,29,30);6-7,10-12,15,24,28H,2-5,8-9H2,1H3,(H,23,25,26). The molecule has 2 aliphatic heterocycles. The third-order valence-corrected chi connectivity index (χ3v) is 13.5. The van der Waals surface area contributed by atoms with E-state index < -0.39 is 0 Å². The number of likely N-dealkylation sites (tertiary alicyclic amines) is 1. The lowest BCUT2D eigenvalue weighted by molar-refractivity contribution is -0.120. The summed E-state index contributed by atoms with van der Waals surface area (Å²) in [5, 5.41) is 15.5. The Kier molecular flexibility index (Phi) is 13.7. The van der Waals surface area contributed by atoms with Crippen LogP contribution in [-0.2, 0) is 4.79 Å². The highest BCUT2D eigenvalue weighted by Gasteiger charge is 2.28. The van der Waals surface area contributed by atoms with E-state index in [-0.39, 0.29) is 35.2 Å². The molecule has 4 N–H and O–H groups in total. The van der Waals surface area contributed by atoms with Crippen molar-refractivity contribution >= 4 is 69.6 Å². The second kappa shape index (κ2) is 19.4. The van der Waals surface area contributed by atoms with Crippen molar-refractivity contribution in [3.63, 3.8) is 0 Å². The number of amides is 3. The van der Waals surface area contributed by atoms with Crippen LogP contribution >= 0.6 is 23.5 Å². The number of anilines is 3. The Balaban J connectivity index is 0.000000166. The average Bonchev–Trinajstić information content (AvgIpc) is 3.94. The number of carbonyl (C=O) groups excluding carboxylic acids is 2. The van der Waals surface area contributed by atoms with E-state index in [1.807, 2.05) is 35.7 Å². The van der Waals surface area contributed by atoms with Crippen LogP contribution in [-0.4, -0.2) is 85.2 Å². The number of halogens is 1. The number of hydrogen-bond donors (Lipinski definition) is 4. The molecule has 4 aliphatic rings. The van der Waals surface area contributed by atoms with E-state index in [0.29, 0.717) is 42.8 Å². The number of nitrogens with one attached hydrogen (secondary N) is 3. The number of aliphatic hydroxyl groups excluding tert-OH is 1. The van der Waals surface area contributed by atoms with Gasteiger partial charge in [-0.2, -0.15) is 4.98 Å². The molecule has 9 rings (SSSR count). The summed E-state index contributed by atoms with van der Waals surface area (Å²) in [4.78, 5) is 55.3. The summed E-state index contributed by atoms with van der Waals surface area (Å²) in [6, 6.07) is 11.7. The first-order chi connectivity index (χ1) is 29.2. The Hall–Kier alpha value is -4.54. The highest BCUT2D eigenvalue weighted by molar-refractivity contribution is 7.97. The van der Waals surface area contributed by atoms with Gasteiger partial charge in [-0.15, -0.1) is 0 Å². The molecule has 14 nitrogen and oxygen atoms in total. The monoisotopic (exact) mass is 854 g/mol. The Morgan fingerprint density at radius 1 is 0.917 bits per heavy atom. The molecule has 0 atom stereocenters. The summed E-state index contributed by atoms with van der Waals surface area (Å²) in [5.74, 6) is 2.43. The number of aliphatic hydroxyl groups is 1. The first-order valence-corrected chi connectivity index (χ1v) is 22.7. The molecule has 318 valence electrons. The number of imidazole rings is 1. The number of imide groups is 1. The van der Waals surface area contributed by atoms with Gasteiger partial charge in [0, 0.05) is 60.5 Å². The van der Waals surface area contributed by atoms with Gasteiger partial charge >= 0.3 is 6.03 Å². The third-order valence-electron chi connectivity index (χ3n) is 12.4. The van der Waals surface area contributed by atoms with Gasteiger partial charge in [0.1, 0.15) is 22.1 Å². The van der Waals surface area contributed by atoms with E-state index >= 15 is 0 Å². The summed E-state index contributed by atoms with van der Waals surface area (Å²) in [5.41, 5.74) is 4.57. The molecule has 6 heterocycles. The van der Waals surface area contributed by atoms with Gasteiger partial charge in [0.15, 0.2) is 0 Å². The van der Waals surface area contributed by atoms with Gasteiger partial charge in [0.25, 0.3) is 5.56 Å². The van der Waals surface area contributed by atoms with Crippen LogP contribution in [0, 0.1) is 12.8 Å². The molecule has 0 unspecified atom stereocenters. The Morgan fingerprint density at radius 2 is 1.70 bits per heavy atom. The van der Waals surface area contributed by atoms with E-state index in [4.69, 9.17) is 16.7 Å². The Bertz CT molecular complexity index is 2370. The lowest BCUT2D eigenvalue weighted by Gasteiger charge is -2.35. The van der Waals surface area contributed by atoms with Crippen LogP contribution in [0.3, 0.4) is 0 Å². The molecule has 2 saturated heterocycles. The van der Waals surface area contributed by atoms with Crippen molar-refractivity contribution in [3.8, 4) is 0 Å². The number of aryl methyl sites for hydroxylation is 1. The van der Waals surface area contributed by atoms with Gasteiger partial charge < -0.3 is 15.3 Å². The number of pyridine rings is 2. The molecule has 60 heavy (non-hydrogen) atoms. The minimum absolute atomic E-state index is 0.0993. The van der Waals surface area contributed by atoms with Crippen molar-refractivity contribution in [2.75, 3.05) is 49.5 Å². The molecular weight excluding hydrogens is 800 g/mol. The van der Waals surface area contributed by atoms with Gasteiger partial charge in [-0.25, -0.2) is 14.8 Å². The molecular formula is C44H55ClN10O4S. The molecule has 4 fully saturated rings. The zero-order valence-corrected chi connectivity index (χ0v) is 35.8. The molecule has 2 saturated carbocycles. The van der Waals surface area contributed by atoms with Crippen LogP contribution in [0.2, 0.25) is 5.02 Å². The van der Waals surface area contributed by atoms with Crippen LogP contribution in [0.1, 0.15) is 100 Å². The van der Waals surface area contributed by atoms with Crippen LogP contribution < -0.4 is 25.8 Å². The molecule has 2 aliphatic carbocycles. The lowest BCUT2D eigenvalue weighted by atomic mass is 9.86. The van der Waals surface area contributed by atoms with E-state index in [2.05, 4.69) is 47.3 Å². The largest absolute Gasteiger partial charge is 0.395 e. The van der Waals surface area contributed by atoms with Crippen LogP contribution in [0.5, 0.6) is 0 Å². The topological polar surface area (TPSA) is 162 Å². The summed E-state index contributed by atoms with van der Waals surface area (Å²) in [7, 11) is 0. The number of carbonyl (C=O) groups is 2. The van der Waals surface area contributed by atoms with Crippen molar-refractivity contribution in [1.29, 1.82) is 0 Å². The number of aromatic nitrogens is 5. The molecule has 5 aromatic rings. The molecule has 3 amide bonds. The predicted octanol–water partition coefficient (Wildman–Crippen LogP) is 7.74. The smallest absolute Gasteiger partial charge is 0.329 e. The van der Waals surface area contributed by atoms with Gasteiger partial charge in [-0.05, 0) is 130 Å². The normalized spacial score (nSPS) is 18.6. The van der Waals surface area contributed by atoms with E-state index in [0.717, 1.165) is 58.8 Å². The summed E-state index contributed by atoms with van der Waals surface area (Å²) in [6.07, 6.45) is 19.4.